The molecule has 110 valence electrons. The number of nitrogens with zero attached hydrogens (tertiary/aromatic N) is 1. The van der Waals surface area contributed by atoms with Crippen LogP contribution in [-0.4, -0.2) is 23.1 Å². The molecule has 0 bridgehead atoms. The van der Waals surface area contributed by atoms with Crippen molar-refractivity contribution >= 4 is 15.9 Å². The van der Waals surface area contributed by atoms with Gasteiger partial charge in [-0.1, -0.05) is 31.4 Å². The third-order valence-corrected chi connectivity index (χ3v) is 5.94. The lowest BCUT2D eigenvalue weighted by Crippen LogP contribution is -2.40. The highest BCUT2D eigenvalue weighted by Gasteiger charge is 2.35. The van der Waals surface area contributed by atoms with Crippen LogP contribution in [0.25, 0.3) is 0 Å². The van der Waals surface area contributed by atoms with Gasteiger partial charge in [0.15, 0.2) is 0 Å². The lowest BCUT2D eigenvalue weighted by molar-refractivity contribution is 0.0638. The van der Waals surface area contributed by atoms with Crippen molar-refractivity contribution in [2.24, 2.45) is 5.41 Å². The Bertz CT molecular complexity index is 458. The third-order valence-electron chi connectivity index (χ3n) is 5.30. The predicted molar refractivity (Wildman–Crippen MR) is 85.8 cm³/mol. The van der Waals surface area contributed by atoms with Gasteiger partial charge in [-0.2, -0.15) is 0 Å². The molecule has 1 aliphatic heterocycles. The molecule has 3 rings (SSSR count). The molecule has 1 aromatic carbocycles. The molecule has 1 saturated heterocycles. The van der Waals surface area contributed by atoms with Crippen LogP contribution in [0.2, 0.25) is 0 Å². The highest BCUT2D eigenvalue weighted by molar-refractivity contribution is 9.10. The van der Waals surface area contributed by atoms with Crippen LogP contribution in [-0.2, 0) is 6.54 Å². The number of likely N-dealkylation sites (tertiary alicyclic amines) is 1. The number of para-hydroxylation sites is 1. The van der Waals surface area contributed by atoms with Crippen LogP contribution in [0.3, 0.4) is 0 Å². The highest BCUT2D eigenvalue weighted by Crippen LogP contribution is 2.44. The van der Waals surface area contributed by atoms with E-state index in [-0.39, 0.29) is 0 Å². The minimum Gasteiger partial charge on any atom is -0.506 e. The number of hydrogen-bond donors (Lipinski definition) is 1. The van der Waals surface area contributed by atoms with Gasteiger partial charge in [-0.05, 0) is 66.2 Å². The Morgan fingerprint density at radius 2 is 1.75 bits per heavy atom. The number of halogens is 1. The standard InChI is InChI=1S/C17H24BrNO/c18-15-6-4-5-14(16(15)20)13-19-11-9-17(10-12-19)7-2-1-3-8-17/h4-6,20H,1-3,7-13H2. The zero-order valence-electron chi connectivity index (χ0n) is 12.1. The minimum atomic E-state index is 0.408. The topological polar surface area (TPSA) is 23.5 Å². The number of rotatable bonds is 2. The number of phenols is 1. The van der Waals surface area contributed by atoms with Gasteiger partial charge >= 0.3 is 0 Å². The van der Waals surface area contributed by atoms with E-state index in [4.69, 9.17) is 0 Å². The first-order chi connectivity index (χ1) is 9.69. The van der Waals surface area contributed by atoms with E-state index in [9.17, 15) is 5.11 Å². The Morgan fingerprint density at radius 1 is 1.05 bits per heavy atom. The molecule has 1 N–H and O–H groups in total. The maximum absolute atomic E-state index is 10.1. The number of benzene rings is 1. The Hall–Kier alpha value is -0.540. The number of phenolic OH excluding ortho intramolecular Hbond substituents is 1. The third kappa shape index (κ3) is 3.04. The van der Waals surface area contributed by atoms with Gasteiger partial charge in [0.1, 0.15) is 5.75 Å². The minimum absolute atomic E-state index is 0.408. The van der Waals surface area contributed by atoms with Crippen molar-refractivity contribution in [3.8, 4) is 5.75 Å². The van der Waals surface area contributed by atoms with Crippen LogP contribution in [0.15, 0.2) is 22.7 Å². The summed E-state index contributed by atoms with van der Waals surface area (Å²) in [5.41, 5.74) is 1.70. The molecule has 1 aliphatic carbocycles. The SMILES string of the molecule is Oc1c(Br)cccc1CN1CCC2(CCCCC2)CC1. The summed E-state index contributed by atoms with van der Waals surface area (Å²) in [6, 6.07) is 5.93. The van der Waals surface area contributed by atoms with Crippen molar-refractivity contribution in [1.29, 1.82) is 0 Å². The molecular formula is C17H24BrNO. The normalized spacial score (nSPS) is 23.1. The highest BCUT2D eigenvalue weighted by atomic mass is 79.9. The first-order valence-corrected chi connectivity index (χ1v) is 8.67. The molecule has 2 fully saturated rings. The molecule has 0 radical (unpaired) electrons. The van der Waals surface area contributed by atoms with Crippen molar-refractivity contribution in [3.05, 3.63) is 28.2 Å². The van der Waals surface area contributed by atoms with Crippen LogP contribution >= 0.6 is 15.9 Å². The molecule has 1 spiro atoms. The Kier molecular flexibility index (Phi) is 4.37. The van der Waals surface area contributed by atoms with E-state index < -0.39 is 0 Å². The van der Waals surface area contributed by atoms with E-state index in [1.165, 1.54) is 58.0 Å². The lowest BCUT2D eigenvalue weighted by Gasteiger charge is -2.44. The molecule has 1 saturated carbocycles. The predicted octanol–water partition coefficient (Wildman–Crippen LogP) is 4.70. The zero-order valence-corrected chi connectivity index (χ0v) is 13.7. The Morgan fingerprint density at radius 3 is 2.45 bits per heavy atom. The molecule has 1 heterocycles. The summed E-state index contributed by atoms with van der Waals surface area (Å²) in [6.45, 7) is 3.25. The fourth-order valence-corrected chi connectivity index (χ4v) is 4.32. The van der Waals surface area contributed by atoms with E-state index in [2.05, 4.69) is 20.8 Å². The summed E-state index contributed by atoms with van der Waals surface area (Å²) >= 11 is 3.40. The average molecular weight is 338 g/mol. The van der Waals surface area contributed by atoms with Crippen molar-refractivity contribution < 1.29 is 5.11 Å². The fraction of sp³-hybridized carbons (Fsp3) is 0.647. The molecule has 2 nitrogen and oxygen atoms in total. The van der Waals surface area contributed by atoms with Gasteiger partial charge in [-0.25, -0.2) is 0 Å². The van der Waals surface area contributed by atoms with Gasteiger partial charge in [-0.3, -0.25) is 4.90 Å². The van der Waals surface area contributed by atoms with Gasteiger partial charge < -0.3 is 5.11 Å². The summed E-state index contributed by atoms with van der Waals surface area (Å²) in [7, 11) is 0. The zero-order chi connectivity index (χ0) is 14.0. The fourth-order valence-electron chi connectivity index (χ4n) is 3.92. The number of hydrogen-bond acceptors (Lipinski definition) is 2. The molecule has 0 unspecified atom stereocenters. The van der Waals surface area contributed by atoms with Crippen LogP contribution < -0.4 is 0 Å². The van der Waals surface area contributed by atoms with E-state index in [1.54, 1.807) is 0 Å². The lowest BCUT2D eigenvalue weighted by atomic mass is 9.68. The summed E-state index contributed by atoms with van der Waals surface area (Å²) in [5, 5.41) is 10.1. The largest absolute Gasteiger partial charge is 0.506 e. The van der Waals surface area contributed by atoms with Gasteiger partial charge in [0.05, 0.1) is 4.47 Å². The molecular weight excluding hydrogens is 314 g/mol. The van der Waals surface area contributed by atoms with Gasteiger partial charge in [-0.15, -0.1) is 0 Å². The quantitative estimate of drug-likeness (QED) is 0.845. The van der Waals surface area contributed by atoms with Crippen molar-refractivity contribution in [1.82, 2.24) is 4.90 Å². The van der Waals surface area contributed by atoms with Crippen molar-refractivity contribution in [2.45, 2.75) is 51.5 Å². The first kappa shape index (κ1) is 14.4. The monoisotopic (exact) mass is 337 g/mol. The van der Waals surface area contributed by atoms with E-state index >= 15 is 0 Å². The molecule has 2 aliphatic rings. The van der Waals surface area contributed by atoms with Crippen molar-refractivity contribution in [3.63, 3.8) is 0 Å². The molecule has 0 amide bonds. The Balaban J connectivity index is 1.60. The second-order valence-corrected chi connectivity index (χ2v) is 7.44. The summed E-state index contributed by atoms with van der Waals surface area (Å²) < 4.78 is 0.802. The van der Waals surface area contributed by atoms with E-state index in [1.807, 2.05) is 18.2 Å². The van der Waals surface area contributed by atoms with E-state index in [0.29, 0.717) is 11.2 Å². The van der Waals surface area contributed by atoms with Crippen LogP contribution in [0.4, 0.5) is 0 Å². The maximum atomic E-state index is 10.1. The molecule has 1 aromatic rings. The smallest absolute Gasteiger partial charge is 0.134 e. The van der Waals surface area contributed by atoms with Gasteiger partial charge in [0.2, 0.25) is 0 Å². The van der Waals surface area contributed by atoms with Crippen molar-refractivity contribution in [2.75, 3.05) is 13.1 Å². The molecule has 0 aromatic heterocycles. The second-order valence-electron chi connectivity index (χ2n) is 6.58. The van der Waals surface area contributed by atoms with Crippen LogP contribution in [0, 0.1) is 5.41 Å². The average Bonchev–Trinajstić information content (AvgIpc) is 2.47. The molecule has 0 atom stereocenters. The molecule has 3 heteroatoms. The number of aromatic hydroxyl groups is 1. The summed E-state index contributed by atoms with van der Waals surface area (Å²) in [6.07, 6.45) is 9.91. The second kappa shape index (κ2) is 6.07. The van der Waals surface area contributed by atoms with E-state index in [0.717, 1.165) is 16.6 Å². The van der Waals surface area contributed by atoms with Gasteiger partial charge in [0, 0.05) is 12.1 Å². The van der Waals surface area contributed by atoms with Gasteiger partial charge in [0.25, 0.3) is 0 Å². The number of piperidine rings is 1. The summed E-state index contributed by atoms with van der Waals surface area (Å²) in [4.78, 5) is 2.50. The first-order valence-electron chi connectivity index (χ1n) is 7.87. The summed E-state index contributed by atoms with van der Waals surface area (Å²) in [5.74, 6) is 0.408. The maximum Gasteiger partial charge on any atom is 0.134 e. The molecule has 20 heavy (non-hydrogen) atoms. The Labute approximate surface area is 130 Å². The van der Waals surface area contributed by atoms with Crippen LogP contribution in [0.1, 0.15) is 50.5 Å². The van der Waals surface area contributed by atoms with Crippen LogP contribution in [0.5, 0.6) is 5.75 Å².